The number of benzene rings is 1. The predicted octanol–water partition coefficient (Wildman–Crippen LogP) is 2.81. The van der Waals surface area contributed by atoms with Crippen LogP contribution in [0.4, 0.5) is 11.6 Å². The monoisotopic (exact) mass is 248 g/mol. The van der Waals surface area contributed by atoms with Crippen molar-refractivity contribution in [2.45, 2.75) is 13.5 Å². The van der Waals surface area contributed by atoms with Gasteiger partial charge in [-0.2, -0.15) is 0 Å². The van der Waals surface area contributed by atoms with E-state index in [0.717, 1.165) is 11.3 Å². The smallest absolute Gasteiger partial charge is 0.433 e. The van der Waals surface area contributed by atoms with Gasteiger partial charge in [0, 0.05) is 5.69 Å². The zero-order chi connectivity index (χ0) is 13.1. The van der Waals surface area contributed by atoms with Gasteiger partial charge in [0.05, 0.1) is 12.6 Å². The van der Waals surface area contributed by atoms with Crippen molar-refractivity contribution in [3.8, 4) is 5.75 Å². The molecule has 2 rings (SSSR count). The predicted molar refractivity (Wildman–Crippen MR) is 65.5 cm³/mol. The third-order valence-electron chi connectivity index (χ3n) is 2.49. The van der Waals surface area contributed by atoms with E-state index in [9.17, 15) is 15.2 Å². The molecule has 0 aliphatic heterocycles. The number of phenolic OH excluding ortho intramolecular Hbond substituents is 1. The lowest BCUT2D eigenvalue weighted by Crippen LogP contribution is -1.98. The Labute approximate surface area is 103 Å². The van der Waals surface area contributed by atoms with Crippen LogP contribution in [0, 0.1) is 17.0 Å². The highest BCUT2D eigenvalue weighted by molar-refractivity contribution is 5.50. The summed E-state index contributed by atoms with van der Waals surface area (Å²) in [4.78, 5) is 9.86. The lowest BCUT2D eigenvalue weighted by molar-refractivity contribution is -0.402. The van der Waals surface area contributed by atoms with Gasteiger partial charge in [0.25, 0.3) is 0 Å². The largest absolute Gasteiger partial charge is 0.508 e. The van der Waals surface area contributed by atoms with Crippen molar-refractivity contribution < 1.29 is 14.4 Å². The van der Waals surface area contributed by atoms with Gasteiger partial charge in [-0.15, -0.1) is 0 Å². The minimum absolute atomic E-state index is 0.231. The standard InChI is InChI=1S/C12H12N2O4/c1-8-6-9(2-4-11(8)15)13-7-10-3-5-12(18-10)14(16)17/h2-6,13,15H,7H2,1H3. The van der Waals surface area contributed by atoms with Crippen LogP contribution in [0.15, 0.2) is 34.7 Å². The van der Waals surface area contributed by atoms with Gasteiger partial charge in [0.2, 0.25) is 0 Å². The molecule has 0 spiro atoms. The van der Waals surface area contributed by atoms with Crippen molar-refractivity contribution in [1.29, 1.82) is 0 Å². The number of aryl methyl sites for hydroxylation is 1. The summed E-state index contributed by atoms with van der Waals surface area (Å²) >= 11 is 0. The minimum atomic E-state index is -0.575. The molecule has 6 heteroatoms. The number of nitro groups is 1. The van der Waals surface area contributed by atoms with Crippen molar-refractivity contribution in [2.24, 2.45) is 0 Å². The fourth-order valence-corrected chi connectivity index (χ4v) is 1.51. The van der Waals surface area contributed by atoms with Crippen molar-refractivity contribution >= 4 is 11.6 Å². The Morgan fingerprint density at radius 2 is 2.17 bits per heavy atom. The molecule has 1 aromatic carbocycles. The van der Waals surface area contributed by atoms with Crippen molar-refractivity contribution in [3.05, 3.63) is 51.8 Å². The summed E-state index contributed by atoms with van der Waals surface area (Å²) in [5, 5.41) is 22.9. The van der Waals surface area contributed by atoms with Crippen LogP contribution in [0.3, 0.4) is 0 Å². The topological polar surface area (TPSA) is 88.5 Å². The van der Waals surface area contributed by atoms with Crippen LogP contribution in [-0.4, -0.2) is 10.0 Å². The molecular weight excluding hydrogens is 236 g/mol. The second kappa shape index (κ2) is 4.79. The van der Waals surface area contributed by atoms with Crippen LogP contribution in [0.5, 0.6) is 5.75 Å². The van der Waals surface area contributed by atoms with Crippen LogP contribution in [0.25, 0.3) is 0 Å². The summed E-state index contributed by atoms with van der Waals surface area (Å²) in [5.41, 5.74) is 1.56. The van der Waals surface area contributed by atoms with E-state index in [4.69, 9.17) is 4.42 Å². The van der Waals surface area contributed by atoms with E-state index in [-0.39, 0.29) is 11.6 Å². The maximum Gasteiger partial charge on any atom is 0.433 e. The normalized spacial score (nSPS) is 10.3. The molecule has 0 aliphatic carbocycles. The fourth-order valence-electron chi connectivity index (χ4n) is 1.51. The van der Waals surface area contributed by atoms with E-state index in [1.807, 2.05) is 0 Å². The average Bonchev–Trinajstić information content (AvgIpc) is 2.79. The highest BCUT2D eigenvalue weighted by Crippen LogP contribution is 2.21. The Bertz CT molecular complexity index is 577. The molecule has 94 valence electrons. The number of nitrogens with zero attached hydrogens (tertiary/aromatic N) is 1. The quantitative estimate of drug-likeness (QED) is 0.493. The van der Waals surface area contributed by atoms with Gasteiger partial charge in [-0.3, -0.25) is 10.1 Å². The first-order chi connectivity index (χ1) is 8.56. The van der Waals surface area contributed by atoms with E-state index in [0.29, 0.717) is 12.3 Å². The zero-order valence-corrected chi connectivity index (χ0v) is 9.71. The molecule has 1 heterocycles. The molecule has 0 radical (unpaired) electrons. The van der Waals surface area contributed by atoms with E-state index < -0.39 is 4.92 Å². The Balaban J connectivity index is 2.02. The molecule has 0 aliphatic rings. The molecule has 0 fully saturated rings. The lowest BCUT2D eigenvalue weighted by Gasteiger charge is -2.06. The van der Waals surface area contributed by atoms with Gasteiger partial charge in [-0.1, -0.05) is 0 Å². The maximum absolute atomic E-state index is 10.4. The molecular formula is C12H12N2O4. The van der Waals surface area contributed by atoms with E-state index in [1.54, 1.807) is 31.2 Å². The highest BCUT2D eigenvalue weighted by atomic mass is 16.6. The van der Waals surface area contributed by atoms with Gasteiger partial charge in [0.15, 0.2) is 0 Å². The zero-order valence-electron chi connectivity index (χ0n) is 9.71. The number of phenols is 1. The number of furan rings is 1. The summed E-state index contributed by atoms with van der Waals surface area (Å²) in [6, 6.07) is 7.96. The van der Waals surface area contributed by atoms with Crippen molar-refractivity contribution in [3.63, 3.8) is 0 Å². The molecule has 2 N–H and O–H groups in total. The number of hydrogen-bond donors (Lipinski definition) is 2. The molecule has 6 nitrogen and oxygen atoms in total. The highest BCUT2D eigenvalue weighted by Gasteiger charge is 2.11. The second-order valence-electron chi connectivity index (χ2n) is 3.85. The first-order valence-electron chi connectivity index (χ1n) is 5.33. The third kappa shape index (κ3) is 2.60. The maximum atomic E-state index is 10.4. The molecule has 0 bridgehead atoms. The Kier molecular flexibility index (Phi) is 3.18. The Morgan fingerprint density at radius 1 is 1.39 bits per heavy atom. The number of hydrogen-bond acceptors (Lipinski definition) is 5. The SMILES string of the molecule is Cc1cc(NCc2ccc([N+](=O)[O-])o2)ccc1O. The number of rotatable bonds is 4. The first kappa shape index (κ1) is 12.0. The van der Waals surface area contributed by atoms with Crippen LogP contribution in [0.1, 0.15) is 11.3 Å². The molecule has 0 unspecified atom stereocenters. The van der Waals surface area contributed by atoms with Gasteiger partial charge in [-0.25, -0.2) is 0 Å². The molecule has 0 saturated heterocycles. The molecule has 18 heavy (non-hydrogen) atoms. The molecule has 0 atom stereocenters. The van der Waals surface area contributed by atoms with E-state index in [1.165, 1.54) is 6.07 Å². The Hall–Kier alpha value is -2.50. The van der Waals surface area contributed by atoms with Crippen LogP contribution < -0.4 is 5.32 Å². The average molecular weight is 248 g/mol. The number of nitrogens with one attached hydrogen (secondary N) is 1. The number of anilines is 1. The molecule has 0 amide bonds. The summed E-state index contributed by atoms with van der Waals surface area (Å²) in [6.07, 6.45) is 0. The summed E-state index contributed by atoms with van der Waals surface area (Å²) in [7, 11) is 0. The Morgan fingerprint density at radius 3 is 2.78 bits per heavy atom. The first-order valence-corrected chi connectivity index (χ1v) is 5.33. The summed E-state index contributed by atoms with van der Waals surface area (Å²) < 4.78 is 5.01. The van der Waals surface area contributed by atoms with Crippen LogP contribution in [-0.2, 0) is 6.54 Å². The summed E-state index contributed by atoms with van der Waals surface area (Å²) in [6.45, 7) is 2.14. The van der Waals surface area contributed by atoms with Crippen molar-refractivity contribution in [2.75, 3.05) is 5.32 Å². The van der Waals surface area contributed by atoms with E-state index in [2.05, 4.69) is 5.32 Å². The minimum Gasteiger partial charge on any atom is -0.508 e. The molecule has 2 aromatic rings. The third-order valence-corrected chi connectivity index (χ3v) is 2.49. The molecule has 0 saturated carbocycles. The fraction of sp³-hybridized carbons (Fsp3) is 0.167. The van der Waals surface area contributed by atoms with Gasteiger partial charge >= 0.3 is 5.88 Å². The van der Waals surface area contributed by atoms with Crippen LogP contribution >= 0.6 is 0 Å². The lowest BCUT2D eigenvalue weighted by atomic mass is 10.2. The molecule has 1 aromatic heterocycles. The van der Waals surface area contributed by atoms with Gasteiger partial charge in [-0.05, 0) is 36.8 Å². The van der Waals surface area contributed by atoms with Crippen LogP contribution in [0.2, 0.25) is 0 Å². The van der Waals surface area contributed by atoms with Crippen molar-refractivity contribution in [1.82, 2.24) is 0 Å². The summed E-state index contributed by atoms with van der Waals surface area (Å²) in [5.74, 6) is 0.440. The van der Waals surface area contributed by atoms with Gasteiger partial charge < -0.3 is 14.8 Å². The number of aromatic hydroxyl groups is 1. The second-order valence-corrected chi connectivity index (χ2v) is 3.85. The van der Waals surface area contributed by atoms with Gasteiger partial charge in [0.1, 0.15) is 16.4 Å². The van der Waals surface area contributed by atoms with E-state index >= 15 is 0 Å².